The van der Waals surface area contributed by atoms with E-state index in [-0.39, 0.29) is 0 Å². The summed E-state index contributed by atoms with van der Waals surface area (Å²) in [5, 5.41) is 3.48. The van der Waals surface area contributed by atoms with Crippen molar-refractivity contribution in [1.82, 2.24) is 9.55 Å². The molecule has 3 heteroatoms. The van der Waals surface area contributed by atoms with Gasteiger partial charge in [-0.2, -0.15) is 0 Å². The number of aryl methyl sites for hydroxylation is 1. The number of nitrogens with zero attached hydrogens (tertiary/aromatic N) is 2. The molecule has 0 bridgehead atoms. The molecule has 0 saturated heterocycles. The minimum absolute atomic E-state index is 0.700. The van der Waals surface area contributed by atoms with E-state index in [9.17, 15) is 0 Å². The van der Waals surface area contributed by atoms with Gasteiger partial charge < -0.3 is 9.88 Å². The summed E-state index contributed by atoms with van der Waals surface area (Å²) in [6.07, 6.45) is 6.51. The van der Waals surface area contributed by atoms with E-state index in [0.29, 0.717) is 6.04 Å². The molecule has 0 radical (unpaired) electrons. The minimum Gasteiger partial charge on any atom is -0.379 e. The predicted octanol–water partition coefficient (Wildman–Crippen LogP) is 3.14. The van der Waals surface area contributed by atoms with Gasteiger partial charge in [0.15, 0.2) is 0 Å². The van der Waals surface area contributed by atoms with E-state index >= 15 is 0 Å². The molecule has 0 atom stereocenters. The number of anilines is 1. The number of imidazole rings is 1. The first-order valence-electron chi connectivity index (χ1n) is 6.15. The summed E-state index contributed by atoms with van der Waals surface area (Å²) in [6.45, 7) is 2.97. The molecule has 1 fully saturated rings. The van der Waals surface area contributed by atoms with Gasteiger partial charge in [0.25, 0.3) is 0 Å². The van der Waals surface area contributed by atoms with Crippen molar-refractivity contribution in [3.05, 3.63) is 48.0 Å². The van der Waals surface area contributed by atoms with Crippen molar-refractivity contribution in [2.24, 2.45) is 0 Å². The maximum absolute atomic E-state index is 4.24. The third kappa shape index (κ3) is 2.18. The average molecular weight is 227 g/mol. The molecule has 3 rings (SSSR count). The molecule has 1 aliphatic rings. The zero-order chi connectivity index (χ0) is 11.7. The zero-order valence-electron chi connectivity index (χ0n) is 10.1. The van der Waals surface area contributed by atoms with Crippen molar-refractivity contribution in [2.45, 2.75) is 32.4 Å². The Morgan fingerprint density at radius 2 is 2.18 bits per heavy atom. The monoisotopic (exact) mass is 227 g/mol. The van der Waals surface area contributed by atoms with Crippen LogP contribution in [-0.2, 0) is 6.54 Å². The van der Waals surface area contributed by atoms with Crippen LogP contribution in [0, 0.1) is 6.92 Å². The molecular formula is C14H17N3. The maximum Gasteiger partial charge on any atom is 0.0951 e. The molecule has 1 aromatic heterocycles. The topological polar surface area (TPSA) is 29.9 Å². The Morgan fingerprint density at radius 3 is 2.94 bits per heavy atom. The Bertz CT molecular complexity index is 512. The normalized spacial score (nSPS) is 14.9. The molecule has 1 aromatic carbocycles. The summed E-state index contributed by atoms with van der Waals surface area (Å²) in [7, 11) is 0. The summed E-state index contributed by atoms with van der Waals surface area (Å²) < 4.78 is 2.30. The molecule has 3 nitrogen and oxygen atoms in total. The third-order valence-electron chi connectivity index (χ3n) is 3.29. The standard InChI is InChI=1S/C14H17N3/c1-11-4-2-3-5-14(11)16-9-13-8-15-10-17(13)12-6-7-12/h2-5,8,10,12,16H,6-7,9H2,1H3. The van der Waals surface area contributed by atoms with E-state index in [1.807, 2.05) is 12.5 Å². The largest absolute Gasteiger partial charge is 0.379 e. The fourth-order valence-corrected chi connectivity index (χ4v) is 2.11. The van der Waals surface area contributed by atoms with Crippen LogP contribution in [0.2, 0.25) is 0 Å². The van der Waals surface area contributed by atoms with Crippen molar-refractivity contribution in [1.29, 1.82) is 0 Å². The van der Waals surface area contributed by atoms with E-state index in [4.69, 9.17) is 0 Å². The Hall–Kier alpha value is -1.77. The van der Waals surface area contributed by atoms with Crippen LogP contribution in [0.25, 0.3) is 0 Å². The first kappa shape index (κ1) is 10.4. The van der Waals surface area contributed by atoms with Crippen LogP contribution in [0.5, 0.6) is 0 Å². The molecule has 88 valence electrons. The highest BCUT2D eigenvalue weighted by Gasteiger charge is 2.24. The Kier molecular flexibility index (Phi) is 2.59. The smallest absolute Gasteiger partial charge is 0.0951 e. The fourth-order valence-electron chi connectivity index (χ4n) is 2.11. The lowest BCUT2D eigenvalue weighted by Crippen LogP contribution is -2.06. The summed E-state index contributed by atoms with van der Waals surface area (Å²) in [4.78, 5) is 4.24. The number of hydrogen-bond acceptors (Lipinski definition) is 2. The van der Waals surface area contributed by atoms with Crippen molar-refractivity contribution < 1.29 is 0 Å². The van der Waals surface area contributed by atoms with Crippen LogP contribution >= 0.6 is 0 Å². The number of hydrogen-bond donors (Lipinski definition) is 1. The van der Waals surface area contributed by atoms with E-state index in [2.05, 4.69) is 46.1 Å². The number of benzene rings is 1. The van der Waals surface area contributed by atoms with Crippen molar-refractivity contribution in [3.63, 3.8) is 0 Å². The summed E-state index contributed by atoms with van der Waals surface area (Å²) in [6, 6.07) is 9.07. The van der Waals surface area contributed by atoms with Gasteiger partial charge in [-0.1, -0.05) is 18.2 Å². The minimum atomic E-state index is 0.700. The molecule has 0 unspecified atom stereocenters. The Morgan fingerprint density at radius 1 is 1.35 bits per heavy atom. The van der Waals surface area contributed by atoms with Gasteiger partial charge in [-0.3, -0.25) is 0 Å². The van der Waals surface area contributed by atoms with Crippen molar-refractivity contribution >= 4 is 5.69 Å². The van der Waals surface area contributed by atoms with Gasteiger partial charge in [0.1, 0.15) is 0 Å². The summed E-state index contributed by atoms with van der Waals surface area (Å²) in [5.74, 6) is 0. The van der Waals surface area contributed by atoms with Crippen molar-refractivity contribution in [3.8, 4) is 0 Å². The van der Waals surface area contributed by atoms with Gasteiger partial charge >= 0.3 is 0 Å². The van der Waals surface area contributed by atoms with Crippen molar-refractivity contribution in [2.75, 3.05) is 5.32 Å². The highest BCUT2D eigenvalue weighted by Crippen LogP contribution is 2.35. The molecule has 1 saturated carbocycles. The second kappa shape index (κ2) is 4.24. The second-order valence-electron chi connectivity index (χ2n) is 4.69. The number of para-hydroxylation sites is 1. The molecule has 2 aromatic rings. The summed E-state index contributed by atoms with van der Waals surface area (Å²) >= 11 is 0. The lowest BCUT2D eigenvalue weighted by molar-refractivity contribution is 0.701. The van der Waals surface area contributed by atoms with Crippen LogP contribution in [0.3, 0.4) is 0 Å². The van der Waals surface area contributed by atoms with Crippen LogP contribution in [0.4, 0.5) is 5.69 Å². The van der Waals surface area contributed by atoms with Crippen LogP contribution in [-0.4, -0.2) is 9.55 Å². The quantitative estimate of drug-likeness (QED) is 0.869. The average Bonchev–Trinajstić information content (AvgIpc) is 3.08. The second-order valence-corrected chi connectivity index (χ2v) is 4.69. The van der Waals surface area contributed by atoms with Gasteiger partial charge in [-0.15, -0.1) is 0 Å². The molecular weight excluding hydrogens is 210 g/mol. The predicted molar refractivity (Wildman–Crippen MR) is 69.0 cm³/mol. The maximum atomic E-state index is 4.24. The van der Waals surface area contributed by atoms with Gasteiger partial charge in [0, 0.05) is 17.9 Å². The van der Waals surface area contributed by atoms with Crippen LogP contribution in [0.15, 0.2) is 36.8 Å². The first-order chi connectivity index (χ1) is 8.34. The molecule has 1 aliphatic carbocycles. The van der Waals surface area contributed by atoms with E-state index in [1.54, 1.807) is 0 Å². The number of rotatable bonds is 4. The number of nitrogens with one attached hydrogen (secondary N) is 1. The highest BCUT2D eigenvalue weighted by atomic mass is 15.1. The molecule has 17 heavy (non-hydrogen) atoms. The molecule has 1 N–H and O–H groups in total. The fraction of sp³-hybridized carbons (Fsp3) is 0.357. The van der Waals surface area contributed by atoms with E-state index in [0.717, 1.165) is 6.54 Å². The summed E-state index contributed by atoms with van der Waals surface area (Å²) in [5.41, 5.74) is 3.76. The van der Waals surface area contributed by atoms with Crippen LogP contribution < -0.4 is 5.32 Å². The van der Waals surface area contributed by atoms with Gasteiger partial charge in [0.05, 0.1) is 18.6 Å². The highest BCUT2D eigenvalue weighted by molar-refractivity contribution is 5.50. The molecule has 0 aliphatic heterocycles. The van der Waals surface area contributed by atoms with Crippen LogP contribution in [0.1, 0.15) is 30.1 Å². The Labute approximate surface area is 101 Å². The SMILES string of the molecule is Cc1ccccc1NCc1cncn1C1CC1. The van der Waals surface area contributed by atoms with E-state index < -0.39 is 0 Å². The molecule has 0 amide bonds. The lowest BCUT2D eigenvalue weighted by atomic mass is 10.2. The van der Waals surface area contributed by atoms with Gasteiger partial charge in [0.2, 0.25) is 0 Å². The van der Waals surface area contributed by atoms with E-state index in [1.165, 1.54) is 29.8 Å². The zero-order valence-corrected chi connectivity index (χ0v) is 10.1. The van der Waals surface area contributed by atoms with Gasteiger partial charge in [-0.25, -0.2) is 4.98 Å². The first-order valence-corrected chi connectivity index (χ1v) is 6.15. The number of aromatic nitrogens is 2. The third-order valence-corrected chi connectivity index (χ3v) is 3.29. The lowest BCUT2D eigenvalue weighted by Gasteiger charge is -2.11. The molecule has 1 heterocycles. The molecule has 0 spiro atoms. The van der Waals surface area contributed by atoms with Gasteiger partial charge in [-0.05, 0) is 31.4 Å². The Balaban J connectivity index is 1.71.